The Hall–Kier alpha value is -2.63. The molecule has 0 aliphatic heterocycles. The van der Waals surface area contributed by atoms with Crippen LogP contribution in [0.3, 0.4) is 0 Å². The van der Waals surface area contributed by atoms with E-state index in [1.807, 2.05) is 0 Å². The van der Waals surface area contributed by atoms with E-state index in [0.717, 1.165) is 4.68 Å². The van der Waals surface area contributed by atoms with Gasteiger partial charge in [0.2, 0.25) is 0 Å². The number of hydrogen-bond donors (Lipinski definition) is 1. The fraction of sp³-hybridized carbons (Fsp3) is 0.0833. The molecule has 1 N–H and O–H groups in total. The minimum Gasteiger partial charge on any atom is -0.496 e. The highest BCUT2D eigenvalue weighted by molar-refractivity contribution is 5.91. The number of carboxylic acid groups (broad SMARTS) is 1. The lowest BCUT2D eigenvalue weighted by atomic mass is 10.2. The largest absolute Gasteiger partial charge is 0.496 e. The monoisotopic (exact) mass is 246 g/mol. The van der Waals surface area contributed by atoms with Gasteiger partial charge in [-0.05, 0) is 24.3 Å². The summed E-state index contributed by atoms with van der Waals surface area (Å²) in [5.74, 6) is -0.895. The Labute approximate surface area is 102 Å². The van der Waals surface area contributed by atoms with Crippen LogP contribution in [-0.2, 0) is 0 Å². The van der Waals surface area contributed by atoms with Crippen LogP contribution < -0.4 is 10.3 Å². The lowest BCUT2D eigenvalue weighted by molar-refractivity contribution is 0.0693. The highest BCUT2D eigenvalue weighted by atomic mass is 16.5. The maximum Gasteiger partial charge on any atom is 0.339 e. The maximum absolute atomic E-state index is 11.6. The summed E-state index contributed by atoms with van der Waals surface area (Å²) in [7, 11) is 1.38. The van der Waals surface area contributed by atoms with Crippen molar-refractivity contribution >= 4 is 5.97 Å². The van der Waals surface area contributed by atoms with Crippen molar-refractivity contribution in [1.82, 2.24) is 9.78 Å². The minimum atomic E-state index is -1.13. The lowest BCUT2D eigenvalue weighted by Crippen LogP contribution is -2.19. The fourth-order valence-electron chi connectivity index (χ4n) is 1.55. The first-order valence-electron chi connectivity index (χ1n) is 5.09. The van der Waals surface area contributed by atoms with Crippen molar-refractivity contribution < 1.29 is 14.6 Å². The topological polar surface area (TPSA) is 81.4 Å². The van der Waals surface area contributed by atoms with Crippen LogP contribution in [0.5, 0.6) is 5.75 Å². The predicted molar refractivity (Wildman–Crippen MR) is 63.3 cm³/mol. The molecule has 0 radical (unpaired) electrons. The second-order valence-electron chi connectivity index (χ2n) is 3.46. The van der Waals surface area contributed by atoms with Crippen LogP contribution in [0, 0.1) is 0 Å². The zero-order chi connectivity index (χ0) is 13.1. The van der Waals surface area contributed by atoms with Crippen LogP contribution >= 0.6 is 0 Å². The van der Waals surface area contributed by atoms with Crippen LogP contribution in [0.15, 0.2) is 41.3 Å². The molecule has 0 atom stereocenters. The second-order valence-corrected chi connectivity index (χ2v) is 3.46. The zero-order valence-corrected chi connectivity index (χ0v) is 9.53. The molecule has 2 aromatic rings. The van der Waals surface area contributed by atoms with E-state index in [9.17, 15) is 9.59 Å². The van der Waals surface area contributed by atoms with E-state index < -0.39 is 5.97 Å². The molecule has 0 saturated carbocycles. The van der Waals surface area contributed by atoms with Crippen molar-refractivity contribution in [3.8, 4) is 11.4 Å². The molecule has 0 aliphatic carbocycles. The van der Waals surface area contributed by atoms with Crippen molar-refractivity contribution in [2.24, 2.45) is 0 Å². The Kier molecular flexibility index (Phi) is 3.09. The van der Waals surface area contributed by atoms with Gasteiger partial charge in [-0.1, -0.05) is 0 Å². The minimum absolute atomic E-state index is 0.0208. The lowest BCUT2D eigenvalue weighted by Gasteiger charge is -2.08. The Morgan fingerprint density at radius 3 is 2.78 bits per heavy atom. The Morgan fingerprint density at radius 1 is 1.39 bits per heavy atom. The number of aromatic carboxylic acids is 1. The summed E-state index contributed by atoms with van der Waals surface area (Å²) >= 11 is 0. The van der Waals surface area contributed by atoms with E-state index >= 15 is 0 Å². The number of aromatic nitrogens is 2. The molecule has 1 aromatic carbocycles. The first-order valence-corrected chi connectivity index (χ1v) is 5.09. The standard InChI is InChI=1S/C12H10N2O4/c1-18-10-5-4-8(7-9(10)12(16)17)14-11(15)3-2-6-13-14/h2-7H,1H3,(H,16,17). The van der Waals surface area contributed by atoms with Crippen molar-refractivity contribution in [3.63, 3.8) is 0 Å². The van der Waals surface area contributed by atoms with E-state index in [0.29, 0.717) is 5.69 Å². The maximum atomic E-state index is 11.6. The number of rotatable bonds is 3. The molecule has 92 valence electrons. The average Bonchev–Trinajstić information content (AvgIpc) is 2.38. The highest BCUT2D eigenvalue weighted by Crippen LogP contribution is 2.20. The Morgan fingerprint density at radius 2 is 2.17 bits per heavy atom. The van der Waals surface area contributed by atoms with Crippen LogP contribution in [0.1, 0.15) is 10.4 Å². The summed E-state index contributed by atoms with van der Waals surface area (Å²) in [6.45, 7) is 0. The predicted octanol–water partition coefficient (Wildman–Crippen LogP) is 0.939. The molecule has 0 aliphatic rings. The summed E-state index contributed by atoms with van der Waals surface area (Å²) in [6.07, 6.45) is 1.45. The number of ether oxygens (including phenoxy) is 1. The van der Waals surface area contributed by atoms with Crippen LogP contribution in [-0.4, -0.2) is 28.0 Å². The summed E-state index contributed by atoms with van der Waals surface area (Å²) in [4.78, 5) is 22.6. The third kappa shape index (κ3) is 2.08. The van der Waals surface area contributed by atoms with E-state index in [1.165, 1.54) is 37.6 Å². The van der Waals surface area contributed by atoms with Crippen molar-refractivity contribution in [2.75, 3.05) is 7.11 Å². The zero-order valence-electron chi connectivity index (χ0n) is 9.53. The second kappa shape index (κ2) is 4.70. The first-order chi connectivity index (χ1) is 8.63. The summed E-state index contributed by atoms with van der Waals surface area (Å²) < 4.78 is 6.06. The van der Waals surface area contributed by atoms with E-state index in [1.54, 1.807) is 6.07 Å². The number of hydrogen-bond acceptors (Lipinski definition) is 4. The fourth-order valence-corrected chi connectivity index (χ4v) is 1.55. The van der Waals surface area contributed by atoms with Gasteiger partial charge in [0.15, 0.2) is 0 Å². The van der Waals surface area contributed by atoms with Crippen molar-refractivity contribution in [2.45, 2.75) is 0 Å². The van der Waals surface area contributed by atoms with Crippen LogP contribution in [0.2, 0.25) is 0 Å². The molecule has 0 bridgehead atoms. The molecular weight excluding hydrogens is 236 g/mol. The van der Waals surface area contributed by atoms with Crippen LogP contribution in [0.4, 0.5) is 0 Å². The Balaban J connectivity index is 2.61. The first kappa shape index (κ1) is 11.8. The summed E-state index contributed by atoms with van der Waals surface area (Å²) in [6, 6.07) is 7.26. The van der Waals surface area contributed by atoms with Gasteiger partial charge in [0.05, 0.1) is 12.8 Å². The van der Waals surface area contributed by atoms with Crippen molar-refractivity contribution in [1.29, 1.82) is 0 Å². The van der Waals surface area contributed by atoms with Gasteiger partial charge in [0, 0.05) is 12.3 Å². The molecule has 0 amide bonds. The molecule has 0 unspecified atom stereocenters. The normalized spacial score (nSPS) is 10.1. The van der Waals surface area contributed by atoms with E-state index in [-0.39, 0.29) is 16.9 Å². The number of carbonyl (C=O) groups is 1. The smallest absolute Gasteiger partial charge is 0.339 e. The van der Waals surface area contributed by atoms with Gasteiger partial charge < -0.3 is 9.84 Å². The van der Waals surface area contributed by atoms with Gasteiger partial charge in [-0.25, -0.2) is 4.79 Å². The van der Waals surface area contributed by atoms with Crippen molar-refractivity contribution in [3.05, 3.63) is 52.4 Å². The molecule has 0 spiro atoms. The van der Waals surface area contributed by atoms with E-state index in [4.69, 9.17) is 9.84 Å². The number of nitrogens with zero attached hydrogens (tertiary/aromatic N) is 2. The van der Waals surface area contributed by atoms with Gasteiger partial charge in [0.25, 0.3) is 5.56 Å². The number of methoxy groups -OCH3 is 1. The molecular formula is C12H10N2O4. The Bertz CT molecular complexity index is 649. The SMILES string of the molecule is COc1ccc(-n2ncccc2=O)cc1C(=O)O. The van der Waals surface area contributed by atoms with Gasteiger partial charge in [-0.3, -0.25) is 4.79 Å². The number of carboxylic acids is 1. The van der Waals surface area contributed by atoms with Gasteiger partial charge in [-0.2, -0.15) is 9.78 Å². The summed E-state index contributed by atoms with van der Waals surface area (Å²) in [5.41, 5.74) is 0.0189. The van der Waals surface area contributed by atoms with Gasteiger partial charge in [0.1, 0.15) is 11.3 Å². The third-order valence-electron chi connectivity index (χ3n) is 2.37. The van der Waals surface area contributed by atoms with Gasteiger partial charge in [-0.15, -0.1) is 0 Å². The quantitative estimate of drug-likeness (QED) is 0.871. The molecule has 1 heterocycles. The van der Waals surface area contributed by atoms with Crippen LogP contribution in [0.25, 0.3) is 5.69 Å². The van der Waals surface area contributed by atoms with E-state index in [2.05, 4.69) is 5.10 Å². The molecule has 2 rings (SSSR count). The third-order valence-corrected chi connectivity index (χ3v) is 2.37. The van der Waals surface area contributed by atoms with Gasteiger partial charge >= 0.3 is 5.97 Å². The number of benzene rings is 1. The molecule has 6 heteroatoms. The molecule has 0 fully saturated rings. The molecule has 0 saturated heterocycles. The highest BCUT2D eigenvalue weighted by Gasteiger charge is 2.12. The summed E-state index contributed by atoms with van der Waals surface area (Å²) in [5, 5.41) is 12.9. The molecule has 1 aromatic heterocycles. The average molecular weight is 246 g/mol. The molecule has 18 heavy (non-hydrogen) atoms. The molecule has 6 nitrogen and oxygen atoms in total.